The van der Waals surface area contributed by atoms with Gasteiger partial charge in [0.25, 0.3) is 0 Å². The molecule has 0 unspecified atom stereocenters. The summed E-state index contributed by atoms with van der Waals surface area (Å²) in [6.07, 6.45) is 0. The smallest absolute Gasteiger partial charge is 0.303 e. The fourth-order valence-corrected chi connectivity index (χ4v) is 2.11. The van der Waals surface area contributed by atoms with Crippen molar-refractivity contribution in [1.82, 2.24) is 9.97 Å². The third kappa shape index (κ3) is 1.80. The maximum absolute atomic E-state index is 5.60. The second-order valence-corrected chi connectivity index (χ2v) is 4.60. The molecule has 4 rings (SSSR count). The topological polar surface area (TPSA) is 64.1 Å². The minimum Gasteiger partial charge on any atom is -0.423 e. The van der Waals surface area contributed by atoms with E-state index in [1.165, 1.54) is 0 Å². The third-order valence-electron chi connectivity index (χ3n) is 3.05. The average molecular weight is 265 g/mol. The summed E-state index contributed by atoms with van der Waals surface area (Å²) in [5.41, 5.74) is 4.20. The van der Waals surface area contributed by atoms with Gasteiger partial charge in [-0.1, -0.05) is 18.2 Å². The molecule has 0 saturated heterocycles. The molecule has 0 amide bonds. The Morgan fingerprint density at radius 1 is 0.850 bits per heavy atom. The fraction of sp³-hybridized carbons (Fsp3) is 0.0667. The van der Waals surface area contributed by atoms with Crippen LogP contribution in [0.15, 0.2) is 51.3 Å². The quantitative estimate of drug-likeness (QED) is 0.593. The Labute approximate surface area is 114 Å². The molecule has 0 atom stereocenters. The molecule has 0 aliphatic heterocycles. The molecule has 0 fully saturated rings. The first-order chi connectivity index (χ1) is 9.78. The second kappa shape index (κ2) is 4.09. The van der Waals surface area contributed by atoms with Crippen LogP contribution in [0.4, 0.5) is 12.0 Å². The molecule has 5 heteroatoms. The third-order valence-corrected chi connectivity index (χ3v) is 3.05. The molecule has 4 aromatic rings. The van der Waals surface area contributed by atoms with Crippen LogP contribution in [0, 0.1) is 6.92 Å². The molecule has 0 aliphatic rings. The monoisotopic (exact) mass is 265 g/mol. The summed E-state index contributed by atoms with van der Waals surface area (Å²) in [7, 11) is 0. The van der Waals surface area contributed by atoms with Crippen molar-refractivity contribution >= 4 is 34.2 Å². The van der Waals surface area contributed by atoms with E-state index in [9.17, 15) is 0 Å². The minimum atomic E-state index is 0.370. The Morgan fingerprint density at radius 2 is 1.55 bits per heavy atom. The van der Waals surface area contributed by atoms with Crippen molar-refractivity contribution in [3.05, 3.63) is 48.0 Å². The van der Waals surface area contributed by atoms with Crippen LogP contribution in [0.1, 0.15) is 5.56 Å². The summed E-state index contributed by atoms with van der Waals surface area (Å²) in [5, 5.41) is 2.95. The zero-order chi connectivity index (χ0) is 13.5. The first kappa shape index (κ1) is 11.0. The Morgan fingerprint density at radius 3 is 2.35 bits per heavy atom. The van der Waals surface area contributed by atoms with Crippen LogP contribution < -0.4 is 5.32 Å². The van der Waals surface area contributed by atoms with Gasteiger partial charge in [0, 0.05) is 0 Å². The van der Waals surface area contributed by atoms with Crippen LogP contribution in [-0.4, -0.2) is 9.97 Å². The van der Waals surface area contributed by atoms with Gasteiger partial charge in [0.1, 0.15) is 11.0 Å². The van der Waals surface area contributed by atoms with Crippen molar-refractivity contribution in [2.24, 2.45) is 0 Å². The van der Waals surface area contributed by atoms with Gasteiger partial charge in [-0.15, -0.1) is 0 Å². The van der Waals surface area contributed by atoms with Crippen molar-refractivity contribution in [2.75, 3.05) is 5.32 Å². The minimum absolute atomic E-state index is 0.370. The number of anilines is 2. The SMILES string of the molecule is Cc1ccc2oc(Nc3nc4ccccc4o3)nc2c1. The average Bonchev–Trinajstić information content (AvgIpc) is 3.00. The summed E-state index contributed by atoms with van der Waals surface area (Å²) in [6, 6.07) is 14.2. The molecule has 0 aliphatic carbocycles. The standard InChI is InChI=1S/C15H11N3O2/c1-9-6-7-13-11(8-9)17-15(20-13)18-14-16-10-4-2-3-5-12(10)19-14/h2-8H,1H3,(H,16,17,18). The van der Waals surface area contributed by atoms with Crippen molar-refractivity contribution in [3.63, 3.8) is 0 Å². The zero-order valence-electron chi connectivity index (χ0n) is 10.8. The summed E-state index contributed by atoms with van der Waals surface area (Å²) in [4.78, 5) is 8.68. The van der Waals surface area contributed by atoms with E-state index in [1.807, 2.05) is 49.4 Å². The summed E-state index contributed by atoms with van der Waals surface area (Å²) >= 11 is 0. The molecule has 0 radical (unpaired) electrons. The number of benzene rings is 2. The van der Waals surface area contributed by atoms with Gasteiger partial charge in [-0.25, -0.2) is 0 Å². The molecule has 20 heavy (non-hydrogen) atoms. The number of fused-ring (bicyclic) bond motifs is 2. The number of nitrogens with one attached hydrogen (secondary N) is 1. The van der Waals surface area contributed by atoms with E-state index in [-0.39, 0.29) is 0 Å². The highest BCUT2D eigenvalue weighted by Crippen LogP contribution is 2.24. The Hall–Kier alpha value is -2.82. The highest BCUT2D eigenvalue weighted by Gasteiger charge is 2.10. The number of hydrogen-bond donors (Lipinski definition) is 1. The number of nitrogens with zero attached hydrogens (tertiary/aromatic N) is 2. The molecular weight excluding hydrogens is 254 g/mol. The lowest BCUT2D eigenvalue weighted by atomic mass is 10.2. The molecule has 0 saturated carbocycles. The highest BCUT2D eigenvalue weighted by molar-refractivity contribution is 5.77. The molecule has 0 bridgehead atoms. The molecule has 2 aromatic carbocycles. The summed E-state index contributed by atoms with van der Waals surface area (Å²) in [5.74, 6) is 0. The summed E-state index contributed by atoms with van der Waals surface area (Å²) < 4.78 is 11.2. The van der Waals surface area contributed by atoms with Crippen LogP contribution in [-0.2, 0) is 0 Å². The molecule has 2 aromatic heterocycles. The lowest BCUT2D eigenvalue weighted by Crippen LogP contribution is -1.89. The number of oxazole rings is 2. The molecule has 5 nitrogen and oxygen atoms in total. The van der Waals surface area contributed by atoms with E-state index in [2.05, 4.69) is 15.3 Å². The van der Waals surface area contributed by atoms with Gasteiger partial charge in [-0.3, -0.25) is 5.32 Å². The van der Waals surface area contributed by atoms with E-state index in [0.29, 0.717) is 12.0 Å². The van der Waals surface area contributed by atoms with E-state index >= 15 is 0 Å². The number of para-hydroxylation sites is 2. The van der Waals surface area contributed by atoms with Crippen molar-refractivity contribution < 1.29 is 8.83 Å². The highest BCUT2D eigenvalue weighted by atomic mass is 16.4. The molecular formula is C15H11N3O2. The van der Waals surface area contributed by atoms with Crippen LogP contribution in [0.25, 0.3) is 22.2 Å². The van der Waals surface area contributed by atoms with Gasteiger partial charge >= 0.3 is 12.0 Å². The normalized spacial score (nSPS) is 11.2. The molecule has 0 spiro atoms. The number of aromatic nitrogens is 2. The van der Waals surface area contributed by atoms with E-state index in [1.54, 1.807) is 0 Å². The van der Waals surface area contributed by atoms with Crippen LogP contribution >= 0.6 is 0 Å². The lowest BCUT2D eigenvalue weighted by molar-refractivity contribution is 0.591. The Kier molecular flexibility index (Phi) is 2.26. The van der Waals surface area contributed by atoms with Gasteiger partial charge in [-0.2, -0.15) is 9.97 Å². The van der Waals surface area contributed by atoms with Gasteiger partial charge in [0.2, 0.25) is 0 Å². The van der Waals surface area contributed by atoms with Gasteiger partial charge in [0.15, 0.2) is 11.2 Å². The predicted molar refractivity (Wildman–Crippen MR) is 76.0 cm³/mol. The van der Waals surface area contributed by atoms with E-state index < -0.39 is 0 Å². The van der Waals surface area contributed by atoms with E-state index in [4.69, 9.17) is 8.83 Å². The lowest BCUT2D eigenvalue weighted by Gasteiger charge is -1.91. The second-order valence-electron chi connectivity index (χ2n) is 4.60. The zero-order valence-corrected chi connectivity index (χ0v) is 10.8. The first-order valence-electron chi connectivity index (χ1n) is 6.28. The van der Waals surface area contributed by atoms with Gasteiger partial charge < -0.3 is 8.83 Å². The summed E-state index contributed by atoms with van der Waals surface area (Å²) in [6.45, 7) is 2.02. The first-order valence-corrected chi connectivity index (χ1v) is 6.28. The van der Waals surface area contributed by atoms with Crippen molar-refractivity contribution in [2.45, 2.75) is 6.92 Å². The number of hydrogen-bond acceptors (Lipinski definition) is 5. The Balaban J connectivity index is 1.72. The maximum Gasteiger partial charge on any atom is 0.303 e. The van der Waals surface area contributed by atoms with E-state index in [0.717, 1.165) is 27.8 Å². The van der Waals surface area contributed by atoms with Crippen molar-refractivity contribution in [1.29, 1.82) is 0 Å². The van der Waals surface area contributed by atoms with Crippen LogP contribution in [0.3, 0.4) is 0 Å². The maximum atomic E-state index is 5.60. The Bertz CT molecular complexity index is 875. The van der Waals surface area contributed by atoms with Gasteiger partial charge in [0.05, 0.1) is 0 Å². The van der Waals surface area contributed by atoms with Crippen LogP contribution in [0.2, 0.25) is 0 Å². The van der Waals surface area contributed by atoms with Crippen molar-refractivity contribution in [3.8, 4) is 0 Å². The molecule has 98 valence electrons. The number of rotatable bonds is 2. The predicted octanol–water partition coefficient (Wildman–Crippen LogP) is 4.02. The van der Waals surface area contributed by atoms with Gasteiger partial charge in [-0.05, 0) is 36.8 Å². The molecule has 1 N–H and O–H groups in total. The molecule has 2 heterocycles. The largest absolute Gasteiger partial charge is 0.423 e. The van der Waals surface area contributed by atoms with Crippen LogP contribution in [0.5, 0.6) is 0 Å². The fourth-order valence-electron chi connectivity index (χ4n) is 2.11. The number of aryl methyl sites for hydroxylation is 1.